The number of amides is 1. The van der Waals surface area contributed by atoms with Gasteiger partial charge in [0.05, 0.1) is 0 Å². The van der Waals surface area contributed by atoms with Gasteiger partial charge in [-0.3, -0.25) is 9.79 Å². The molecule has 1 amide bonds. The summed E-state index contributed by atoms with van der Waals surface area (Å²) in [4.78, 5) is 18.1. The van der Waals surface area contributed by atoms with E-state index in [9.17, 15) is 4.79 Å². The Morgan fingerprint density at radius 2 is 2.15 bits per heavy atom. The molecule has 0 spiro atoms. The number of aliphatic imine (C=N–C) groups is 1. The molecule has 142 valence electrons. The summed E-state index contributed by atoms with van der Waals surface area (Å²) in [6, 6.07) is 6.05. The van der Waals surface area contributed by atoms with Crippen LogP contribution in [0.5, 0.6) is 11.5 Å². The summed E-state index contributed by atoms with van der Waals surface area (Å²) in [5.41, 5.74) is 1.20. The summed E-state index contributed by atoms with van der Waals surface area (Å²) in [6.45, 7) is 6.38. The molecule has 2 aliphatic rings. The van der Waals surface area contributed by atoms with Crippen LogP contribution in [0.25, 0.3) is 0 Å². The molecule has 0 radical (unpaired) electrons. The molecule has 0 unspecified atom stereocenters. The average Bonchev–Trinajstić information content (AvgIpc) is 3.27. The molecule has 1 saturated heterocycles. The van der Waals surface area contributed by atoms with Crippen molar-refractivity contribution in [1.82, 2.24) is 15.5 Å². The zero-order valence-electron chi connectivity index (χ0n) is 15.4. The third kappa shape index (κ3) is 5.03. The summed E-state index contributed by atoms with van der Waals surface area (Å²) in [5.74, 6) is 2.73. The number of guanidine groups is 1. The molecule has 1 aromatic carbocycles. The summed E-state index contributed by atoms with van der Waals surface area (Å²) in [5, 5.41) is 6.62. The Morgan fingerprint density at radius 3 is 2.96 bits per heavy atom. The molecular weight excluding hydrogens is 332 g/mol. The number of hydrogen-bond donors (Lipinski definition) is 2. The highest BCUT2D eigenvalue weighted by Crippen LogP contribution is 2.32. The minimum Gasteiger partial charge on any atom is -0.454 e. The Morgan fingerprint density at radius 1 is 1.27 bits per heavy atom. The van der Waals surface area contributed by atoms with E-state index in [0.29, 0.717) is 19.8 Å². The topological polar surface area (TPSA) is 75.2 Å². The van der Waals surface area contributed by atoms with Crippen LogP contribution < -0.4 is 20.1 Å². The second kappa shape index (κ2) is 9.31. The zero-order chi connectivity index (χ0) is 18.2. The van der Waals surface area contributed by atoms with Crippen molar-refractivity contribution >= 4 is 11.9 Å². The van der Waals surface area contributed by atoms with Crippen molar-refractivity contribution < 1.29 is 14.3 Å². The summed E-state index contributed by atoms with van der Waals surface area (Å²) >= 11 is 0. The normalized spacial score (nSPS) is 16.3. The highest BCUT2D eigenvalue weighted by atomic mass is 16.7. The first kappa shape index (κ1) is 18.4. The van der Waals surface area contributed by atoms with Crippen LogP contribution in [0.1, 0.15) is 31.7 Å². The van der Waals surface area contributed by atoms with Crippen molar-refractivity contribution in [3.8, 4) is 11.5 Å². The van der Waals surface area contributed by atoms with E-state index in [1.54, 1.807) is 0 Å². The van der Waals surface area contributed by atoms with Gasteiger partial charge in [-0.25, -0.2) is 0 Å². The first-order valence-electron chi connectivity index (χ1n) is 9.44. The number of hydrogen-bond acceptors (Lipinski definition) is 4. The quantitative estimate of drug-likeness (QED) is 0.418. The number of fused-ring (bicyclic) bond motifs is 1. The van der Waals surface area contributed by atoms with E-state index >= 15 is 0 Å². The third-order valence-corrected chi connectivity index (χ3v) is 4.51. The van der Waals surface area contributed by atoms with Crippen molar-refractivity contribution in [3.63, 3.8) is 0 Å². The molecule has 0 atom stereocenters. The molecule has 7 nitrogen and oxygen atoms in total. The Kier molecular flexibility index (Phi) is 6.57. The maximum Gasteiger partial charge on any atom is 0.231 e. The number of nitrogens with zero attached hydrogens (tertiary/aromatic N) is 2. The van der Waals surface area contributed by atoms with E-state index < -0.39 is 0 Å². The molecular formula is C19H28N4O3. The lowest BCUT2D eigenvalue weighted by Gasteiger charge is -2.15. The van der Waals surface area contributed by atoms with Crippen molar-refractivity contribution in [2.45, 2.75) is 32.6 Å². The van der Waals surface area contributed by atoms with Crippen LogP contribution in [-0.2, 0) is 11.2 Å². The van der Waals surface area contributed by atoms with E-state index in [0.717, 1.165) is 62.9 Å². The molecule has 2 N–H and O–H groups in total. The lowest BCUT2D eigenvalue weighted by Crippen LogP contribution is -2.38. The van der Waals surface area contributed by atoms with Gasteiger partial charge in [-0.1, -0.05) is 6.07 Å². The maximum atomic E-state index is 11.6. The van der Waals surface area contributed by atoms with Gasteiger partial charge in [0.15, 0.2) is 17.5 Å². The monoisotopic (exact) mass is 360 g/mol. The molecule has 2 aliphatic heterocycles. The van der Waals surface area contributed by atoms with Gasteiger partial charge in [0, 0.05) is 39.1 Å². The largest absolute Gasteiger partial charge is 0.454 e. The average molecular weight is 360 g/mol. The Balaban J connectivity index is 1.40. The van der Waals surface area contributed by atoms with Crippen molar-refractivity contribution in [2.24, 2.45) is 4.99 Å². The molecule has 26 heavy (non-hydrogen) atoms. The number of rotatable bonds is 8. The van der Waals surface area contributed by atoms with Gasteiger partial charge in [0.1, 0.15) is 0 Å². The maximum absolute atomic E-state index is 11.6. The van der Waals surface area contributed by atoms with Gasteiger partial charge < -0.3 is 25.0 Å². The van der Waals surface area contributed by atoms with Gasteiger partial charge in [0.25, 0.3) is 0 Å². The number of likely N-dealkylation sites (tertiary alicyclic amines) is 1. The number of carbonyl (C=O) groups excluding carboxylic acids is 1. The minimum atomic E-state index is 0.280. The SMILES string of the molecule is CCNC(=NCCCN1CCCC1=O)NCCc1ccc2c(c1)OCO2. The third-order valence-electron chi connectivity index (χ3n) is 4.51. The van der Waals surface area contributed by atoms with E-state index in [1.165, 1.54) is 5.56 Å². The molecule has 3 rings (SSSR count). The van der Waals surface area contributed by atoms with Crippen LogP contribution >= 0.6 is 0 Å². The van der Waals surface area contributed by atoms with Crippen LogP contribution in [0, 0.1) is 0 Å². The second-order valence-corrected chi connectivity index (χ2v) is 6.46. The van der Waals surface area contributed by atoms with E-state index in [2.05, 4.69) is 28.6 Å². The zero-order valence-corrected chi connectivity index (χ0v) is 15.4. The Bertz CT molecular complexity index is 648. The lowest BCUT2D eigenvalue weighted by atomic mass is 10.1. The molecule has 0 bridgehead atoms. The Labute approximate surface area is 154 Å². The van der Waals surface area contributed by atoms with E-state index in [-0.39, 0.29) is 5.91 Å². The molecule has 2 heterocycles. The van der Waals surface area contributed by atoms with Gasteiger partial charge in [-0.05, 0) is 43.9 Å². The first-order chi connectivity index (χ1) is 12.8. The lowest BCUT2D eigenvalue weighted by molar-refractivity contribution is -0.127. The van der Waals surface area contributed by atoms with E-state index in [4.69, 9.17) is 9.47 Å². The highest BCUT2D eigenvalue weighted by Gasteiger charge is 2.18. The van der Waals surface area contributed by atoms with Crippen molar-refractivity contribution in [3.05, 3.63) is 23.8 Å². The van der Waals surface area contributed by atoms with Crippen LogP contribution in [0.4, 0.5) is 0 Å². The molecule has 1 fully saturated rings. The summed E-state index contributed by atoms with van der Waals surface area (Å²) in [6.07, 6.45) is 3.47. The fourth-order valence-corrected chi connectivity index (χ4v) is 3.16. The molecule has 1 aromatic rings. The molecule has 0 saturated carbocycles. The van der Waals surface area contributed by atoms with Crippen LogP contribution in [-0.4, -0.2) is 56.3 Å². The highest BCUT2D eigenvalue weighted by molar-refractivity contribution is 5.79. The standard InChI is InChI=1S/C19H28N4O3/c1-2-20-19(21-9-4-12-23-11-3-5-18(23)24)22-10-8-15-6-7-16-17(13-15)26-14-25-16/h6-7,13H,2-5,8-12,14H2,1H3,(H2,20,21,22). The number of nitrogens with one attached hydrogen (secondary N) is 2. The van der Waals surface area contributed by atoms with Crippen LogP contribution in [0.15, 0.2) is 23.2 Å². The second-order valence-electron chi connectivity index (χ2n) is 6.46. The Hall–Kier alpha value is -2.44. The molecule has 7 heteroatoms. The number of ether oxygens (including phenoxy) is 2. The van der Waals surface area contributed by atoms with E-state index in [1.807, 2.05) is 17.0 Å². The summed E-state index contributed by atoms with van der Waals surface area (Å²) in [7, 11) is 0. The molecule has 0 aliphatic carbocycles. The van der Waals surface area contributed by atoms with Crippen molar-refractivity contribution in [1.29, 1.82) is 0 Å². The fraction of sp³-hybridized carbons (Fsp3) is 0.579. The fourth-order valence-electron chi connectivity index (χ4n) is 3.16. The minimum absolute atomic E-state index is 0.280. The number of carbonyl (C=O) groups is 1. The predicted octanol–water partition coefficient (Wildman–Crippen LogP) is 1.53. The predicted molar refractivity (Wildman–Crippen MR) is 101 cm³/mol. The van der Waals surface area contributed by atoms with Crippen molar-refractivity contribution in [2.75, 3.05) is 39.5 Å². The smallest absolute Gasteiger partial charge is 0.231 e. The van der Waals surface area contributed by atoms with Gasteiger partial charge in [0.2, 0.25) is 12.7 Å². The van der Waals surface area contributed by atoms with Gasteiger partial charge >= 0.3 is 0 Å². The van der Waals surface area contributed by atoms with Crippen LogP contribution in [0.3, 0.4) is 0 Å². The molecule has 0 aromatic heterocycles. The number of benzene rings is 1. The van der Waals surface area contributed by atoms with Crippen LogP contribution in [0.2, 0.25) is 0 Å². The van der Waals surface area contributed by atoms with Gasteiger partial charge in [-0.2, -0.15) is 0 Å². The first-order valence-corrected chi connectivity index (χ1v) is 9.44. The summed E-state index contributed by atoms with van der Waals surface area (Å²) < 4.78 is 10.7. The van der Waals surface area contributed by atoms with Gasteiger partial charge in [-0.15, -0.1) is 0 Å².